The van der Waals surface area contributed by atoms with Crippen LogP contribution in [-0.2, 0) is 28.6 Å². The van der Waals surface area contributed by atoms with Crippen LogP contribution in [0.2, 0.25) is 0 Å². The largest absolute Gasteiger partial charge is 0.462 e. The third-order valence-electron chi connectivity index (χ3n) is 12.8. The number of carbonyl (C=O) groups excluding carboxylic acids is 3. The summed E-state index contributed by atoms with van der Waals surface area (Å²) in [5.74, 6) is -0.926. The molecule has 0 aliphatic carbocycles. The first-order valence-electron chi connectivity index (χ1n) is 29.1. The van der Waals surface area contributed by atoms with Crippen molar-refractivity contribution in [1.82, 2.24) is 0 Å². The van der Waals surface area contributed by atoms with E-state index in [0.717, 1.165) is 64.2 Å². The van der Waals surface area contributed by atoms with Gasteiger partial charge in [0.2, 0.25) is 0 Å². The van der Waals surface area contributed by atoms with Crippen LogP contribution in [0.4, 0.5) is 0 Å². The lowest BCUT2D eigenvalue weighted by molar-refractivity contribution is -0.167. The van der Waals surface area contributed by atoms with Crippen LogP contribution in [0.3, 0.4) is 0 Å². The molecule has 6 nitrogen and oxygen atoms in total. The summed E-state index contributed by atoms with van der Waals surface area (Å²) in [5, 5.41) is 0. The molecule has 0 rings (SSSR count). The smallest absolute Gasteiger partial charge is 0.306 e. The van der Waals surface area contributed by atoms with Gasteiger partial charge in [-0.3, -0.25) is 14.4 Å². The molecule has 6 heteroatoms. The van der Waals surface area contributed by atoms with Gasteiger partial charge in [-0.15, -0.1) is 0 Å². The standard InChI is InChI=1S/C61H110O6/c1-4-7-10-13-16-19-22-25-28-31-34-36-39-42-45-48-51-54-60(63)66-57-58(67-61(64)55-52-49-46-43-40-37-33-30-27-24-21-18-15-12-9-6-3)56-65-59(62)53-50-47-44-41-38-35-32-29-26-23-20-17-14-11-8-5-2/h16,19,25,28,34,36,42,45,58H,4-15,17-18,20-24,26-27,29-33,35,37-41,43-44,46-57H2,1-3H3/b19-16+,28-25+,36-34+,45-42+/t58-/m1/s1. The van der Waals surface area contributed by atoms with Crippen LogP contribution < -0.4 is 0 Å². The lowest BCUT2D eigenvalue weighted by atomic mass is 10.0. The van der Waals surface area contributed by atoms with Crippen LogP contribution in [0.25, 0.3) is 0 Å². The summed E-state index contributed by atoms with van der Waals surface area (Å²) in [6, 6.07) is 0. The van der Waals surface area contributed by atoms with Gasteiger partial charge in [-0.05, 0) is 57.8 Å². The van der Waals surface area contributed by atoms with Gasteiger partial charge in [-0.1, -0.05) is 275 Å². The normalized spacial score (nSPS) is 12.3. The van der Waals surface area contributed by atoms with Crippen LogP contribution in [0.5, 0.6) is 0 Å². The molecule has 0 heterocycles. The van der Waals surface area contributed by atoms with Gasteiger partial charge in [0.1, 0.15) is 13.2 Å². The molecule has 0 fully saturated rings. The van der Waals surface area contributed by atoms with Gasteiger partial charge in [-0.2, -0.15) is 0 Å². The van der Waals surface area contributed by atoms with Crippen LogP contribution >= 0.6 is 0 Å². The summed E-state index contributed by atoms with van der Waals surface area (Å²) in [4.78, 5) is 38.1. The molecule has 1 atom stereocenters. The summed E-state index contributed by atoms with van der Waals surface area (Å²) in [7, 11) is 0. The summed E-state index contributed by atoms with van der Waals surface area (Å²) in [6.45, 7) is 6.61. The molecule has 0 N–H and O–H groups in total. The molecule has 0 aromatic carbocycles. The second-order valence-electron chi connectivity index (χ2n) is 19.6. The Balaban J connectivity index is 4.42. The van der Waals surface area contributed by atoms with Gasteiger partial charge in [-0.25, -0.2) is 0 Å². The average Bonchev–Trinajstić information content (AvgIpc) is 3.33. The van der Waals surface area contributed by atoms with Crippen molar-refractivity contribution in [3.63, 3.8) is 0 Å². The SMILES string of the molecule is CCCCC/C=C/C/C=C/C/C=C/C/C=C/CCCC(=O)OC[C@@H](COC(=O)CCCCCCCCCCCCCCCCCC)OC(=O)CCCCCCCCCCCCCCCCCC. The van der Waals surface area contributed by atoms with Crippen LogP contribution in [0.15, 0.2) is 48.6 Å². The molecule has 390 valence electrons. The fraction of sp³-hybridized carbons (Fsp3) is 0.820. The van der Waals surface area contributed by atoms with Crippen molar-refractivity contribution >= 4 is 17.9 Å². The van der Waals surface area contributed by atoms with E-state index in [1.165, 1.54) is 193 Å². The van der Waals surface area contributed by atoms with Gasteiger partial charge in [0.05, 0.1) is 0 Å². The van der Waals surface area contributed by atoms with Crippen molar-refractivity contribution in [2.75, 3.05) is 13.2 Å². The molecule has 0 aromatic rings. The zero-order valence-corrected chi connectivity index (χ0v) is 44.7. The maximum atomic E-state index is 12.9. The Bertz CT molecular complexity index is 1170. The zero-order valence-electron chi connectivity index (χ0n) is 44.7. The molecule has 0 saturated heterocycles. The molecule has 0 aromatic heterocycles. The first-order valence-corrected chi connectivity index (χ1v) is 29.1. The second kappa shape index (κ2) is 56.0. The van der Waals surface area contributed by atoms with Crippen LogP contribution in [0.1, 0.15) is 303 Å². The van der Waals surface area contributed by atoms with Crippen molar-refractivity contribution in [2.45, 2.75) is 309 Å². The number of rotatable bonds is 53. The molecule has 0 saturated carbocycles. The predicted molar refractivity (Wildman–Crippen MR) is 289 cm³/mol. The Hall–Kier alpha value is -2.63. The monoisotopic (exact) mass is 939 g/mol. The highest BCUT2D eigenvalue weighted by molar-refractivity contribution is 5.71. The summed E-state index contributed by atoms with van der Waals surface area (Å²) >= 11 is 0. The maximum Gasteiger partial charge on any atom is 0.306 e. The van der Waals surface area contributed by atoms with E-state index in [4.69, 9.17) is 14.2 Å². The molecule has 0 amide bonds. The Kier molecular flexibility index (Phi) is 53.8. The highest BCUT2D eigenvalue weighted by atomic mass is 16.6. The van der Waals surface area contributed by atoms with Gasteiger partial charge in [0.25, 0.3) is 0 Å². The summed E-state index contributed by atoms with van der Waals surface area (Å²) in [6.07, 6.45) is 68.2. The fourth-order valence-electron chi connectivity index (χ4n) is 8.44. The molecular weight excluding hydrogens is 829 g/mol. The quantitative estimate of drug-likeness (QED) is 0.0262. The first kappa shape index (κ1) is 64.4. The number of allylic oxidation sites excluding steroid dienone is 8. The molecule has 67 heavy (non-hydrogen) atoms. The highest BCUT2D eigenvalue weighted by Crippen LogP contribution is 2.17. The zero-order chi connectivity index (χ0) is 48.6. The summed E-state index contributed by atoms with van der Waals surface area (Å²) in [5.41, 5.74) is 0. The minimum Gasteiger partial charge on any atom is -0.462 e. The molecule has 0 aliphatic heterocycles. The third-order valence-corrected chi connectivity index (χ3v) is 12.8. The van der Waals surface area contributed by atoms with Crippen LogP contribution in [0, 0.1) is 0 Å². The second-order valence-corrected chi connectivity index (χ2v) is 19.6. The van der Waals surface area contributed by atoms with Gasteiger partial charge < -0.3 is 14.2 Å². The Morgan fingerprint density at radius 3 is 0.896 bits per heavy atom. The number of esters is 3. The molecular formula is C61H110O6. The van der Waals surface area contributed by atoms with E-state index >= 15 is 0 Å². The number of ether oxygens (including phenoxy) is 3. The van der Waals surface area contributed by atoms with Gasteiger partial charge >= 0.3 is 17.9 Å². The van der Waals surface area contributed by atoms with Gasteiger partial charge in [0.15, 0.2) is 6.10 Å². The van der Waals surface area contributed by atoms with E-state index in [0.29, 0.717) is 19.3 Å². The van der Waals surface area contributed by atoms with E-state index < -0.39 is 6.10 Å². The first-order chi connectivity index (χ1) is 33.0. The topological polar surface area (TPSA) is 78.9 Å². The van der Waals surface area contributed by atoms with Crippen molar-refractivity contribution in [3.05, 3.63) is 48.6 Å². The van der Waals surface area contributed by atoms with Crippen LogP contribution in [-0.4, -0.2) is 37.2 Å². The minimum absolute atomic E-state index is 0.0854. The molecule has 0 spiro atoms. The summed E-state index contributed by atoms with van der Waals surface area (Å²) < 4.78 is 16.8. The number of hydrogen-bond donors (Lipinski definition) is 0. The predicted octanol–water partition coefficient (Wildman–Crippen LogP) is 19.4. The lowest BCUT2D eigenvalue weighted by Crippen LogP contribution is -2.30. The van der Waals surface area contributed by atoms with Crippen molar-refractivity contribution < 1.29 is 28.6 Å². The van der Waals surface area contributed by atoms with E-state index in [1.807, 2.05) is 0 Å². The third kappa shape index (κ3) is 54.2. The minimum atomic E-state index is -0.791. The van der Waals surface area contributed by atoms with E-state index in [1.54, 1.807) is 0 Å². The Morgan fingerprint density at radius 1 is 0.299 bits per heavy atom. The molecule has 0 radical (unpaired) electrons. The molecule has 0 bridgehead atoms. The van der Waals surface area contributed by atoms with Crippen molar-refractivity contribution in [3.8, 4) is 0 Å². The lowest BCUT2D eigenvalue weighted by Gasteiger charge is -2.18. The maximum absolute atomic E-state index is 12.9. The average molecular weight is 940 g/mol. The van der Waals surface area contributed by atoms with E-state index in [2.05, 4.69) is 69.4 Å². The van der Waals surface area contributed by atoms with E-state index in [9.17, 15) is 14.4 Å². The fourth-order valence-corrected chi connectivity index (χ4v) is 8.44. The molecule has 0 unspecified atom stereocenters. The Morgan fingerprint density at radius 2 is 0.552 bits per heavy atom. The number of unbranched alkanes of at least 4 members (excludes halogenated alkanes) is 34. The van der Waals surface area contributed by atoms with E-state index in [-0.39, 0.29) is 37.5 Å². The van der Waals surface area contributed by atoms with Gasteiger partial charge in [0, 0.05) is 19.3 Å². The van der Waals surface area contributed by atoms with Crippen molar-refractivity contribution in [1.29, 1.82) is 0 Å². The number of carbonyl (C=O) groups is 3. The highest BCUT2D eigenvalue weighted by Gasteiger charge is 2.19. The molecule has 0 aliphatic rings. The number of hydrogen-bond acceptors (Lipinski definition) is 6. The van der Waals surface area contributed by atoms with Crippen molar-refractivity contribution in [2.24, 2.45) is 0 Å². The Labute approximate surface area is 416 Å².